The summed E-state index contributed by atoms with van der Waals surface area (Å²) in [5, 5.41) is 7.42. The molecule has 1 unspecified atom stereocenters. The molecular formula is C9H16O3. The van der Waals surface area contributed by atoms with E-state index in [2.05, 4.69) is 0 Å². The third-order valence-electron chi connectivity index (χ3n) is 1.86. The van der Waals surface area contributed by atoms with Gasteiger partial charge in [0, 0.05) is 19.3 Å². The highest BCUT2D eigenvalue weighted by Crippen LogP contribution is 2.18. The minimum Gasteiger partial charge on any atom is -0.481 e. The van der Waals surface area contributed by atoms with Crippen LogP contribution < -0.4 is 0 Å². The summed E-state index contributed by atoms with van der Waals surface area (Å²) in [6.45, 7) is 3.11. The molecule has 1 fully saturated rings. The highest BCUT2D eigenvalue weighted by Gasteiger charge is 2.16. The van der Waals surface area contributed by atoms with Gasteiger partial charge in [-0.3, -0.25) is 9.59 Å². The van der Waals surface area contributed by atoms with Crippen LogP contribution in [0.25, 0.3) is 0 Å². The number of carbonyl (C=O) groups excluding carboxylic acids is 1. The Kier molecular flexibility index (Phi) is 5.34. The molecule has 1 aliphatic rings. The lowest BCUT2D eigenvalue weighted by atomic mass is 9.90. The van der Waals surface area contributed by atoms with Crippen molar-refractivity contribution < 1.29 is 14.7 Å². The number of hydrogen-bond donors (Lipinski definition) is 1. The molecule has 0 amide bonds. The van der Waals surface area contributed by atoms with Crippen LogP contribution in [0, 0.1) is 5.92 Å². The van der Waals surface area contributed by atoms with Crippen LogP contribution in [0.15, 0.2) is 0 Å². The van der Waals surface area contributed by atoms with E-state index in [-0.39, 0.29) is 0 Å². The number of carboxylic acid groups (broad SMARTS) is 1. The summed E-state index contributed by atoms with van der Waals surface area (Å²) < 4.78 is 0. The zero-order chi connectivity index (χ0) is 9.56. The van der Waals surface area contributed by atoms with E-state index in [4.69, 9.17) is 9.90 Å². The molecule has 0 aromatic carbocycles. The number of hydrogen-bond acceptors (Lipinski definition) is 2. The molecule has 1 aliphatic carbocycles. The van der Waals surface area contributed by atoms with Gasteiger partial charge >= 0.3 is 0 Å². The predicted molar refractivity (Wildman–Crippen MR) is 45.9 cm³/mol. The highest BCUT2D eigenvalue weighted by atomic mass is 16.4. The minimum atomic E-state index is -0.833. The average Bonchev–Trinajstić information content (AvgIpc) is 1.94. The van der Waals surface area contributed by atoms with Gasteiger partial charge < -0.3 is 5.11 Å². The number of carboxylic acids is 1. The molecule has 0 saturated heterocycles. The van der Waals surface area contributed by atoms with Crippen molar-refractivity contribution in [2.24, 2.45) is 5.92 Å². The first kappa shape index (κ1) is 11.1. The first-order valence-electron chi connectivity index (χ1n) is 4.26. The van der Waals surface area contributed by atoms with Crippen molar-refractivity contribution in [1.82, 2.24) is 0 Å². The molecule has 0 aliphatic heterocycles. The predicted octanol–water partition coefficient (Wildman–Crippen LogP) is 1.86. The van der Waals surface area contributed by atoms with Crippen molar-refractivity contribution in [1.29, 1.82) is 0 Å². The van der Waals surface area contributed by atoms with Crippen molar-refractivity contribution in [3.8, 4) is 0 Å². The van der Waals surface area contributed by atoms with Crippen LogP contribution in [-0.4, -0.2) is 16.9 Å². The van der Waals surface area contributed by atoms with Gasteiger partial charge in [-0.15, -0.1) is 0 Å². The smallest absolute Gasteiger partial charge is 0.300 e. The lowest BCUT2D eigenvalue weighted by molar-refractivity contribution is -0.134. The normalized spacial score (nSPS) is 22.5. The van der Waals surface area contributed by atoms with Gasteiger partial charge in [-0.05, 0) is 12.8 Å². The second kappa shape index (κ2) is 5.75. The van der Waals surface area contributed by atoms with Crippen LogP contribution in [0.4, 0.5) is 0 Å². The van der Waals surface area contributed by atoms with Crippen molar-refractivity contribution in [2.45, 2.75) is 39.5 Å². The van der Waals surface area contributed by atoms with Gasteiger partial charge in [-0.25, -0.2) is 0 Å². The number of Topliss-reactive ketones (excluding diaryl/α,β-unsaturated/α-hetero) is 1. The molecule has 1 rings (SSSR count). The lowest BCUT2D eigenvalue weighted by Gasteiger charge is -2.14. The van der Waals surface area contributed by atoms with Crippen molar-refractivity contribution in [2.75, 3.05) is 0 Å². The third kappa shape index (κ3) is 5.89. The van der Waals surface area contributed by atoms with Crippen LogP contribution in [0.1, 0.15) is 39.5 Å². The Morgan fingerprint density at radius 2 is 2.00 bits per heavy atom. The van der Waals surface area contributed by atoms with E-state index in [0.29, 0.717) is 11.7 Å². The van der Waals surface area contributed by atoms with E-state index in [0.717, 1.165) is 26.2 Å². The molecule has 1 atom stereocenters. The van der Waals surface area contributed by atoms with E-state index in [9.17, 15) is 4.79 Å². The fraction of sp³-hybridized carbons (Fsp3) is 0.778. The Bertz CT molecular complexity index is 159. The van der Waals surface area contributed by atoms with Crippen LogP contribution in [-0.2, 0) is 9.59 Å². The zero-order valence-corrected chi connectivity index (χ0v) is 7.67. The summed E-state index contributed by atoms with van der Waals surface area (Å²) in [6, 6.07) is 0. The summed E-state index contributed by atoms with van der Waals surface area (Å²) in [7, 11) is 0. The van der Waals surface area contributed by atoms with E-state index in [1.165, 1.54) is 6.42 Å². The Hall–Kier alpha value is -0.860. The molecule has 0 aromatic heterocycles. The van der Waals surface area contributed by atoms with Crippen LogP contribution >= 0.6 is 0 Å². The Labute approximate surface area is 72.8 Å². The standard InChI is InChI=1S/C7H12O.C2H4O2/c1-6-4-2-3-5-7(6)8;1-2(3)4/h6H,2-5H2,1H3;1H3,(H,3,4). The van der Waals surface area contributed by atoms with Gasteiger partial charge in [0.25, 0.3) is 5.97 Å². The van der Waals surface area contributed by atoms with Crippen molar-refractivity contribution >= 4 is 11.8 Å². The average molecular weight is 172 g/mol. The van der Waals surface area contributed by atoms with Gasteiger partial charge in [0.2, 0.25) is 0 Å². The fourth-order valence-electron chi connectivity index (χ4n) is 1.16. The summed E-state index contributed by atoms with van der Waals surface area (Å²) in [5.41, 5.74) is 0. The third-order valence-corrected chi connectivity index (χ3v) is 1.86. The van der Waals surface area contributed by atoms with Crippen molar-refractivity contribution in [3.63, 3.8) is 0 Å². The van der Waals surface area contributed by atoms with Gasteiger partial charge in [-0.2, -0.15) is 0 Å². The minimum absolute atomic E-state index is 0.365. The molecule has 0 spiro atoms. The molecular weight excluding hydrogens is 156 g/mol. The van der Waals surface area contributed by atoms with E-state index in [1.807, 2.05) is 6.92 Å². The zero-order valence-electron chi connectivity index (χ0n) is 7.67. The Morgan fingerprint density at radius 3 is 2.25 bits per heavy atom. The highest BCUT2D eigenvalue weighted by molar-refractivity contribution is 5.81. The van der Waals surface area contributed by atoms with Gasteiger partial charge in [-0.1, -0.05) is 13.3 Å². The SMILES string of the molecule is CC(=O)O.CC1CCCCC1=O. The Morgan fingerprint density at radius 1 is 1.50 bits per heavy atom. The molecule has 0 aromatic rings. The first-order chi connectivity index (χ1) is 5.54. The summed E-state index contributed by atoms with van der Waals surface area (Å²) in [4.78, 5) is 19.8. The molecule has 70 valence electrons. The van der Waals surface area contributed by atoms with Gasteiger partial charge in [0.1, 0.15) is 5.78 Å². The number of rotatable bonds is 0. The van der Waals surface area contributed by atoms with E-state index >= 15 is 0 Å². The molecule has 0 heterocycles. The maximum absolute atomic E-state index is 10.8. The number of carbonyl (C=O) groups is 2. The van der Waals surface area contributed by atoms with Crippen LogP contribution in [0.3, 0.4) is 0 Å². The first-order valence-corrected chi connectivity index (χ1v) is 4.26. The van der Waals surface area contributed by atoms with E-state index < -0.39 is 5.97 Å². The van der Waals surface area contributed by atoms with E-state index in [1.54, 1.807) is 0 Å². The molecule has 3 nitrogen and oxygen atoms in total. The summed E-state index contributed by atoms with van der Waals surface area (Å²) >= 11 is 0. The second-order valence-corrected chi connectivity index (χ2v) is 3.13. The van der Waals surface area contributed by atoms with Crippen LogP contribution in [0.2, 0.25) is 0 Å². The molecule has 12 heavy (non-hydrogen) atoms. The largest absolute Gasteiger partial charge is 0.481 e. The quantitative estimate of drug-likeness (QED) is 0.606. The Balaban J connectivity index is 0.000000261. The maximum atomic E-state index is 10.8. The second-order valence-electron chi connectivity index (χ2n) is 3.13. The lowest BCUT2D eigenvalue weighted by Crippen LogP contribution is -2.14. The molecule has 3 heteroatoms. The van der Waals surface area contributed by atoms with Gasteiger partial charge in [0.05, 0.1) is 0 Å². The monoisotopic (exact) mass is 172 g/mol. The van der Waals surface area contributed by atoms with Crippen LogP contribution in [0.5, 0.6) is 0 Å². The van der Waals surface area contributed by atoms with Crippen molar-refractivity contribution in [3.05, 3.63) is 0 Å². The molecule has 0 radical (unpaired) electrons. The molecule has 1 saturated carbocycles. The summed E-state index contributed by atoms with van der Waals surface area (Å²) in [5.74, 6) is 0.000000000000000111. The molecule has 0 bridgehead atoms. The maximum Gasteiger partial charge on any atom is 0.300 e. The fourth-order valence-corrected chi connectivity index (χ4v) is 1.16. The summed E-state index contributed by atoms with van der Waals surface area (Å²) in [6.07, 6.45) is 4.34. The topological polar surface area (TPSA) is 54.4 Å². The number of aliphatic carboxylic acids is 1. The number of ketones is 1. The molecule has 1 N–H and O–H groups in total. The van der Waals surface area contributed by atoms with Gasteiger partial charge in [0.15, 0.2) is 0 Å².